The zero-order chi connectivity index (χ0) is 17.0. The van der Waals surface area contributed by atoms with Crippen molar-refractivity contribution in [1.82, 2.24) is 0 Å². The van der Waals surface area contributed by atoms with E-state index in [1.165, 1.54) is 0 Å². The Hall–Kier alpha value is -1.12. The van der Waals surface area contributed by atoms with Gasteiger partial charge in [-0.25, -0.2) is 0 Å². The second-order valence-corrected chi connectivity index (χ2v) is 8.43. The average molecular weight is 308 g/mol. The summed E-state index contributed by atoms with van der Waals surface area (Å²) >= 11 is 0. The number of hydrogen-bond acceptors (Lipinski definition) is 2. The van der Waals surface area contributed by atoms with Gasteiger partial charge in [0.15, 0.2) is 5.78 Å². The highest BCUT2D eigenvalue weighted by Crippen LogP contribution is 2.37. The van der Waals surface area contributed by atoms with Gasteiger partial charge in [-0.3, -0.25) is 9.59 Å². The highest BCUT2D eigenvalue weighted by molar-refractivity contribution is 5.93. The van der Waals surface area contributed by atoms with E-state index in [0.717, 1.165) is 50.5 Å². The Kier molecular flexibility index (Phi) is 6.39. The van der Waals surface area contributed by atoms with Crippen LogP contribution in [0.2, 0.25) is 0 Å². The van der Waals surface area contributed by atoms with Crippen molar-refractivity contribution in [3.63, 3.8) is 0 Å². The number of aliphatic carboxylic acids is 1. The molecule has 0 heterocycles. The van der Waals surface area contributed by atoms with Crippen molar-refractivity contribution in [2.24, 2.45) is 16.7 Å². The zero-order valence-corrected chi connectivity index (χ0v) is 14.9. The molecule has 0 unspecified atom stereocenters. The molecule has 1 N–H and O–H groups in total. The van der Waals surface area contributed by atoms with E-state index in [4.69, 9.17) is 5.11 Å². The first-order valence-corrected chi connectivity index (χ1v) is 8.45. The Morgan fingerprint density at radius 2 is 1.59 bits per heavy atom. The summed E-state index contributed by atoms with van der Waals surface area (Å²) < 4.78 is 0. The summed E-state index contributed by atoms with van der Waals surface area (Å²) in [4.78, 5) is 21.5. The maximum Gasteiger partial charge on any atom is 0.306 e. The van der Waals surface area contributed by atoms with Crippen molar-refractivity contribution in [2.75, 3.05) is 0 Å². The Labute approximate surface area is 135 Å². The van der Waals surface area contributed by atoms with Gasteiger partial charge >= 0.3 is 5.97 Å². The maximum absolute atomic E-state index is 10.9. The fourth-order valence-corrected chi connectivity index (χ4v) is 3.04. The van der Waals surface area contributed by atoms with E-state index >= 15 is 0 Å². The fourth-order valence-electron chi connectivity index (χ4n) is 3.04. The van der Waals surface area contributed by atoms with Crippen LogP contribution < -0.4 is 0 Å². The first kappa shape index (κ1) is 18.9. The summed E-state index contributed by atoms with van der Waals surface area (Å²) in [5, 5.41) is 8.71. The number of ketones is 1. The molecule has 22 heavy (non-hydrogen) atoms. The molecule has 0 radical (unpaired) electrons. The molecular formula is C19H32O3. The number of rotatable bonds is 2. The molecule has 2 aliphatic rings. The molecule has 0 aromatic carbocycles. The number of carbonyl (C=O) groups excluding carboxylic acids is 1. The van der Waals surface area contributed by atoms with Crippen LogP contribution in [-0.4, -0.2) is 16.9 Å². The maximum atomic E-state index is 10.9. The van der Waals surface area contributed by atoms with Crippen LogP contribution in [0.15, 0.2) is 11.6 Å². The molecule has 0 aliphatic heterocycles. The molecule has 1 fully saturated rings. The third-order valence-electron chi connectivity index (χ3n) is 5.11. The SMILES string of the molecule is CC(=O)C1=CCC(C)(C)CC1.CC1(C)CCC(C(=O)O)CC1. The third kappa shape index (κ3) is 6.33. The van der Waals surface area contributed by atoms with Crippen molar-refractivity contribution < 1.29 is 14.7 Å². The van der Waals surface area contributed by atoms with Gasteiger partial charge in [0, 0.05) is 0 Å². The second-order valence-electron chi connectivity index (χ2n) is 8.43. The Bertz CT molecular complexity index is 434. The lowest BCUT2D eigenvalue weighted by atomic mass is 9.73. The van der Waals surface area contributed by atoms with Crippen LogP contribution in [-0.2, 0) is 9.59 Å². The van der Waals surface area contributed by atoms with E-state index in [-0.39, 0.29) is 11.7 Å². The number of allylic oxidation sites excluding steroid dienone is 2. The molecule has 0 bridgehead atoms. The van der Waals surface area contributed by atoms with Gasteiger partial charge in [0.25, 0.3) is 0 Å². The van der Waals surface area contributed by atoms with E-state index in [1.807, 2.05) is 0 Å². The second kappa shape index (κ2) is 7.43. The topological polar surface area (TPSA) is 54.4 Å². The first-order chi connectivity index (χ1) is 10.0. The summed E-state index contributed by atoms with van der Waals surface area (Å²) in [6, 6.07) is 0. The molecule has 0 spiro atoms. The fraction of sp³-hybridized carbons (Fsp3) is 0.789. The number of carboxylic acids is 1. The Balaban J connectivity index is 0.000000220. The standard InChI is InChI=1S/C10H16O.C9H16O2/c1-8(11)9-4-6-10(2,3)7-5-9;1-9(2)5-3-7(4-6-9)8(10)11/h4H,5-7H2,1-3H3;7H,3-6H2,1-2H3,(H,10,11). The Morgan fingerprint density at radius 1 is 1.05 bits per heavy atom. The number of Topliss-reactive ketones (excluding diaryl/α,β-unsaturated/α-hetero) is 1. The minimum Gasteiger partial charge on any atom is -0.481 e. The van der Waals surface area contributed by atoms with Gasteiger partial charge in [-0.05, 0) is 68.3 Å². The number of carbonyl (C=O) groups is 2. The van der Waals surface area contributed by atoms with Crippen LogP contribution in [0.5, 0.6) is 0 Å². The molecule has 0 saturated heterocycles. The van der Waals surface area contributed by atoms with Gasteiger partial charge in [0.05, 0.1) is 5.92 Å². The van der Waals surface area contributed by atoms with Crippen molar-refractivity contribution in [2.45, 2.75) is 79.6 Å². The largest absolute Gasteiger partial charge is 0.481 e. The van der Waals surface area contributed by atoms with Crippen LogP contribution in [0, 0.1) is 16.7 Å². The molecule has 0 aromatic heterocycles. The summed E-state index contributed by atoms with van der Waals surface area (Å²) in [6.07, 6.45) is 9.13. The van der Waals surface area contributed by atoms with Gasteiger partial charge in [0.1, 0.15) is 0 Å². The van der Waals surface area contributed by atoms with Crippen LogP contribution in [0.1, 0.15) is 79.6 Å². The quantitative estimate of drug-likeness (QED) is 0.781. The molecule has 3 nitrogen and oxygen atoms in total. The van der Waals surface area contributed by atoms with Gasteiger partial charge in [-0.1, -0.05) is 33.8 Å². The molecular weight excluding hydrogens is 276 g/mol. The van der Waals surface area contributed by atoms with Crippen LogP contribution in [0.25, 0.3) is 0 Å². The molecule has 1 saturated carbocycles. The van der Waals surface area contributed by atoms with Crippen LogP contribution in [0.4, 0.5) is 0 Å². The van der Waals surface area contributed by atoms with Gasteiger partial charge in [-0.15, -0.1) is 0 Å². The summed E-state index contributed by atoms with van der Waals surface area (Å²) in [7, 11) is 0. The lowest BCUT2D eigenvalue weighted by molar-refractivity contribution is -0.143. The smallest absolute Gasteiger partial charge is 0.306 e. The van der Waals surface area contributed by atoms with Gasteiger partial charge in [-0.2, -0.15) is 0 Å². The summed E-state index contributed by atoms with van der Waals surface area (Å²) in [5.41, 5.74) is 1.83. The van der Waals surface area contributed by atoms with Crippen LogP contribution >= 0.6 is 0 Å². The molecule has 3 heteroatoms. The first-order valence-electron chi connectivity index (χ1n) is 8.45. The summed E-state index contributed by atoms with van der Waals surface area (Å²) in [5.74, 6) is -0.427. The van der Waals surface area contributed by atoms with E-state index in [2.05, 4.69) is 33.8 Å². The predicted molar refractivity (Wildman–Crippen MR) is 89.8 cm³/mol. The number of hydrogen-bond donors (Lipinski definition) is 1. The number of carboxylic acid groups (broad SMARTS) is 1. The molecule has 0 atom stereocenters. The Morgan fingerprint density at radius 3 is 1.95 bits per heavy atom. The van der Waals surface area contributed by atoms with E-state index in [0.29, 0.717) is 10.8 Å². The van der Waals surface area contributed by atoms with Gasteiger partial charge < -0.3 is 5.11 Å². The third-order valence-corrected chi connectivity index (χ3v) is 5.11. The van der Waals surface area contributed by atoms with Crippen LogP contribution in [0.3, 0.4) is 0 Å². The molecule has 0 amide bonds. The van der Waals surface area contributed by atoms with E-state index < -0.39 is 5.97 Å². The molecule has 2 aliphatic carbocycles. The van der Waals surface area contributed by atoms with Crippen molar-refractivity contribution in [1.29, 1.82) is 0 Å². The minimum absolute atomic E-state index is 0.0666. The average Bonchev–Trinajstić information content (AvgIpc) is 2.38. The highest BCUT2D eigenvalue weighted by Gasteiger charge is 2.30. The van der Waals surface area contributed by atoms with Crippen molar-refractivity contribution in [3.8, 4) is 0 Å². The normalized spacial score (nSPS) is 23.8. The van der Waals surface area contributed by atoms with Crippen molar-refractivity contribution in [3.05, 3.63) is 11.6 Å². The minimum atomic E-state index is -0.611. The predicted octanol–water partition coefficient (Wildman–Crippen LogP) is 5.00. The monoisotopic (exact) mass is 308 g/mol. The summed E-state index contributed by atoms with van der Waals surface area (Å²) in [6.45, 7) is 10.6. The molecule has 0 aromatic rings. The van der Waals surface area contributed by atoms with E-state index in [1.54, 1.807) is 6.92 Å². The van der Waals surface area contributed by atoms with E-state index in [9.17, 15) is 9.59 Å². The molecule has 126 valence electrons. The lowest BCUT2D eigenvalue weighted by Gasteiger charge is -2.32. The lowest BCUT2D eigenvalue weighted by Crippen LogP contribution is -2.25. The molecule has 2 rings (SSSR count). The van der Waals surface area contributed by atoms with Gasteiger partial charge in [0.2, 0.25) is 0 Å². The van der Waals surface area contributed by atoms with Crippen molar-refractivity contribution >= 4 is 11.8 Å². The highest BCUT2D eigenvalue weighted by atomic mass is 16.4. The zero-order valence-electron chi connectivity index (χ0n) is 14.9.